The molecule has 0 spiro atoms. The van der Waals surface area contributed by atoms with E-state index in [0.717, 1.165) is 10.0 Å². The number of amides is 1. The van der Waals surface area contributed by atoms with Gasteiger partial charge in [0, 0.05) is 29.0 Å². The summed E-state index contributed by atoms with van der Waals surface area (Å²) in [6.07, 6.45) is 0. The van der Waals surface area contributed by atoms with Crippen LogP contribution in [0.2, 0.25) is 0 Å². The molecule has 4 heteroatoms. The third-order valence-electron chi connectivity index (χ3n) is 2.44. The van der Waals surface area contributed by atoms with Crippen molar-refractivity contribution in [3.8, 4) is 0 Å². The molecule has 0 aliphatic rings. The van der Waals surface area contributed by atoms with Crippen molar-refractivity contribution < 1.29 is 4.79 Å². The highest BCUT2D eigenvalue weighted by Gasteiger charge is 2.13. The molecule has 0 saturated heterocycles. The standard InChI is InChI=1S/C12H15BrClNO/c1-3-15(7-6-14)12(16)10-5-4-9(2)11(13)8-10/h4-5,8H,3,6-7H2,1-2H3. The maximum absolute atomic E-state index is 12.1. The van der Waals surface area contributed by atoms with Crippen LogP contribution >= 0.6 is 27.5 Å². The average molecular weight is 305 g/mol. The number of carbonyl (C=O) groups excluding carboxylic acids is 1. The minimum atomic E-state index is 0.0313. The lowest BCUT2D eigenvalue weighted by atomic mass is 10.1. The fourth-order valence-corrected chi connectivity index (χ4v) is 2.00. The highest BCUT2D eigenvalue weighted by atomic mass is 79.9. The summed E-state index contributed by atoms with van der Waals surface area (Å²) < 4.78 is 0.959. The molecule has 0 saturated carbocycles. The summed E-state index contributed by atoms with van der Waals surface area (Å²) in [5.41, 5.74) is 1.82. The van der Waals surface area contributed by atoms with Gasteiger partial charge in [0.2, 0.25) is 0 Å². The number of rotatable bonds is 4. The van der Waals surface area contributed by atoms with Gasteiger partial charge in [-0.15, -0.1) is 11.6 Å². The summed E-state index contributed by atoms with van der Waals surface area (Å²) in [7, 11) is 0. The summed E-state index contributed by atoms with van der Waals surface area (Å²) >= 11 is 9.09. The van der Waals surface area contributed by atoms with E-state index in [-0.39, 0.29) is 5.91 Å². The molecule has 0 atom stereocenters. The number of benzene rings is 1. The molecule has 0 bridgehead atoms. The van der Waals surface area contributed by atoms with Gasteiger partial charge < -0.3 is 4.90 Å². The Labute approximate surface area is 110 Å². The first-order valence-corrected chi connectivity index (χ1v) is 6.54. The zero-order valence-electron chi connectivity index (χ0n) is 9.46. The van der Waals surface area contributed by atoms with Crippen molar-refractivity contribution in [2.75, 3.05) is 19.0 Å². The van der Waals surface area contributed by atoms with Crippen molar-refractivity contribution >= 4 is 33.4 Å². The van der Waals surface area contributed by atoms with E-state index in [9.17, 15) is 4.79 Å². The summed E-state index contributed by atoms with van der Waals surface area (Å²) in [6, 6.07) is 5.64. The monoisotopic (exact) mass is 303 g/mol. The molecule has 0 radical (unpaired) electrons. The molecular weight excluding hydrogens is 289 g/mol. The van der Waals surface area contributed by atoms with E-state index in [1.807, 2.05) is 32.0 Å². The number of hydrogen-bond acceptors (Lipinski definition) is 1. The Balaban J connectivity index is 2.90. The lowest BCUT2D eigenvalue weighted by molar-refractivity contribution is 0.0774. The van der Waals surface area contributed by atoms with Crippen LogP contribution in [0, 0.1) is 6.92 Å². The Hall–Kier alpha value is -0.540. The third-order valence-corrected chi connectivity index (χ3v) is 3.47. The van der Waals surface area contributed by atoms with E-state index < -0.39 is 0 Å². The van der Waals surface area contributed by atoms with Crippen LogP contribution in [0.1, 0.15) is 22.8 Å². The van der Waals surface area contributed by atoms with Crippen molar-refractivity contribution in [2.24, 2.45) is 0 Å². The van der Waals surface area contributed by atoms with Crippen molar-refractivity contribution in [1.29, 1.82) is 0 Å². The smallest absolute Gasteiger partial charge is 0.253 e. The molecule has 0 N–H and O–H groups in total. The van der Waals surface area contributed by atoms with E-state index >= 15 is 0 Å². The van der Waals surface area contributed by atoms with Crippen molar-refractivity contribution in [1.82, 2.24) is 4.90 Å². The second kappa shape index (κ2) is 6.26. The zero-order chi connectivity index (χ0) is 12.1. The molecule has 1 aromatic rings. The second-order valence-corrected chi connectivity index (χ2v) is 4.77. The largest absolute Gasteiger partial charge is 0.338 e. The molecule has 0 fully saturated rings. The van der Waals surface area contributed by atoms with Gasteiger partial charge in [-0.1, -0.05) is 22.0 Å². The molecule has 0 heterocycles. The van der Waals surface area contributed by atoms with Crippen LogP contribution in [-0.4, -0.2) is 29.8 Å². The predicted octanol–water partition coefficient (Wildman–Crippen LogP) is 3.46. The maximum Gasteiger partial charge on any atom is 0.253 e. The minimum absolute atomic E-state index is 0.0313. The fourth-order valence-electron chi connectivity index (χ4n) is 1.41. The van der Waals surface area contributed by atoms with Crippen LogP contribution < -0.4 is 0 Å². The number of carbonyl (C=O) groups is 1. The molecule has 16 heavy (non-hydrogen) atoms. The zero-order valence-corrected chi connectivity index (χ0v) is 11.8. The highest BCUT2D eigenvalue weighted by molar-refractivity contribution is 9.10. The molecule has 0 aliphatic heterocycles. The van der Waals surface area contributed by atoms with Gasteiger partial charge in [0.1, 0.15) is 0 Å². The van der Waals surface area contributed by atoms with E-state index in [1.54, 1.807) is 4.90 Å². The summed E-state index contributed by atoms with van der Waals surface area (Å²) in [4.78, 5) is 13.8. The quantitative estimate of drug-likeness (QED) is 0.780. The van der Waals surface area contributed by atoms with E-state index in [4.69, 9.17) is 11.6 Å². The highest BCUT2D eigenvalue weighted by Crippen LogP contribution is 2.18. The lowest BCUT2D eigenvalue weighted by Gasteiger charge is -2.19. The molecular formula is C12H15BrClNO. The number of alkyl halides is 1. The van der Waals surface area contributed by atoms with Gasteiger partial charge in [-0.3, -0.25) is 4.79 Å². The van der Waals surface area contributed by atoms with E-state index in [2.05, 4.69) is 15.9 Å². The SMILES string of the molecule is CCN(CCCl)C(=O)c1ccc(C)c(Br)c1. The molecule has 0 aliphatic carbocycles. The fraction of sp³-hybridized carbons (Fsp3) is 0.417. The minimum Gasteiger partial charge on any atom is -0.338 e. The normalized spacial score (nSPS) is 10.2. The van der Waals surface area contributed by atoms with Crippen LogP contribution in [0.4, 0.5) is 0 Å². The van der Waals surface area contributed by atoms with Gasteiger partial charge in [-0.2, -0.15) is 0 Å². The molecule has 88 valence electrons. The second-order valence-electron chi connectivity index (χ2n) is 3.54. The Morgan fingerprint density at radius 1 is 1.50 bits per heavy atom. The number of halogens is 2. The summed E-state index contributed by atoms with van der Waals surface area (Å²) in [5.74, 6) is 0.496. The number of nitrogens with zero attached hydrogens (tertiary/aromatic N) is 1. The summed E-state index contributed by atoms with van der Waals surface area (Å²) in [6.45, 7) is 5.21. The van der Waals surface area contributed by atoms with Gasteiger partial charge in [0.05, 0.1) is 0 Å². The van der Waals surface area contributed by atoms with Crippen molar-refractivity contribution in [3.63, 3.8) is 0 Å². The molecule has 1 rings (SSSR count). The van der Waals surface area contributed by atoms with Gasteiger partial charge in [-0.25, -0.2) is 0 Å². The van der Waals surface area contributed by atoms with Crippen LogP contribution in [0.25, 0.3) is 0 Å². The lowest BCUT2D eigenvalue weighted by Crippen LogP contribution is -2.32. The molecule has 1 aromatic carbocycles. The Kier molecular flexibility index (Phi) is 5.29. The van der Waals surface area contributed by atoms with E-state index in [0.29, 0.717) is 24.5 Å². The maximum atomic E-state index is 12.1. The molecule has 2 nitrogen and oxygen atoms in total. The Bertz CT molecular complexity index is 381. The molecule has 1 amide bonds. The Morgan fingerprint density at radius 2 is 2.19 bits per heavy atom. The van der Waals surface area contributed by atoms with Crippen LogP contribution in [-0.2, 0) is 0 Å². The Morgan fingerprint density at radius 3 is 2.69 bits per heavy atom. The number of hydrogen-bond donors (Lipinski definition) is 0. The van der Waals surface area contributed by atoms with Crippen LogP contribution in [0.3, 0.4) is 0 Å². The van der Waals surface area contributed by atoms with Crippen LogP contribution in [0.5, 0.6) is 0 Å². The van der Waals surface area contributed by atoms with Crippen molar-refractivity contribution in [3.05, 3.63) is 33.8 Å². The third kappa shape index (κ3) is 3.22. The molecule has 0 aromatic heterocycles. The van der Waals surface area contributed by atoms with Crippen molar-refractivity contribution in [2.45, 2.75) is 13.8 Å². The first-order valence-electron chi connectivity index (χ1n) is 5.21. The summed E-state index contributed by atoms with van der Waals surface area (Å²) in [5, 5.41) is 0. The first-order chi connectivity index (χ1) is 7.60. The van der Waals surface area contributed by atoms with Crippen LogP contribution in [0.15, 0.2) is 22.7 Å². The molecule has 0 unspecified atom stereocenters. The van der Waals surface area contributed by atoms with Gasteiger partial charge in [0.25, 0.3) is 5.91 Å². The van der Waals surface area contributed by atoms with Gasteiger partial charge in [-0.05, 0) is 31.5 Å². The topological polar surface area (TPSA) is 20.3 Å². The first kappa shape index (κ1) is 13.5. The van der Waals surface area contributed by atoms with Gasteiger partial charge in [0.15, 0.2) is 0 Å². The number of aryl methyl sites for hydroxylation is 1. The van der Waals surface area contributed by atoms with Gasteiger partial charge >= 0.3 is 0 Å². The average Bonchev–Trinajstić information content (AvgIpc) is 2.28. The predicted molar refractivity (Wildman–Crippen MR) is 71.2 cm³/mol. The van der Waals surface area contributed by atoms with E-state index in [1.165, 1.54) is 0 Å².